The van der Waals surface area contributed by atoms with Gasteiger partial charge in [-0.05, 0) is 57.2 Å². The minimum absolute atomic E-state index is 0.0480. The van der Waals surface area contributed by atoms with Crippen molar-refractivity contribution in [2.24, 2.45) is 0 Å². The molecule has 0 aliphatic heterocycles. The molecule has 1 amide bonds. The number of aryl methyl sites for hydroxylation is 2. The normalized spacial score (nSPS) is 12.5. The van der Waals surface area contributed by atoms with Crippen molar-refractivity contribution in [3.05, 3.63) is 71.6 Å². The number of H-pyrrole nitrogens is 1. The molecule has 40 heavy (non-hydrogen) atoms. The predicted octanol–water partition coefficient (Wildman–Crippen LogP) is 4.99. The molecule has 0 spiro atoms. The number of fused-ring (bicyclic) bond motifs is 1. The quantitative estimate of drug-likeness (QED) is 0.185. The number of hydrogen-bond acceptors (Lipinski definition) is 6. The third-order valence-electron chi connectivity index (χ3n) is 6.92. The second-order valence-corrected chi connectivity index (χ2v) is 11.7. The number of benzene rings is 2. The molecule has 4 aromatic rings. The molecule has 0 aliphatic carbocycles. The van der Waals surface area contributed by atoms with E-state index in [1.807, 2.05) is 48.5 Å². The van der Waals surface area contributed by atoms with Crippen LogP contribution in [0.15, 0.2) is 64.0 Å². The Morgan fingerprint density at radius 2 is 1.73 bits per heavy atom. The highest BCUT2D eigenvalue weighted by Gasteiger charge is 2.30. The third-order valence-corrected chi connectivity index (χ3v) is 8.64. The van der Waals surface area contributed by atoms with Crippen molar-refractivity contribution < 1.29 is 22.5 Å². The maximum atomic E-state index is 13.3. The maximum Gasteiger partial charge on any atom is 0.246 e. The van der Waals surface area contributed by atoms with Gasteiger partial charge in [-0.25, -0.2) is 8.42 Å². The molecular weight excluding hydrogens is 528 g/mol. The molecule has 3 N–H and O–H groups in total. The van der Waals surface area contributed by atoms with Crippen molar-refractivity contribution in [3.8, 4) is 11.3 Å². The fourth-order valence-electron chi connectivity index (χ4n) is 4.99. The lowest BCUT2D eigenvalue weighted by Gasteiger charge is -2.19. The minimum atomic E-state index is -4.04. The number of hydrogen-bond donors (Lipinski definition) is 3. The number of nitrogens with one attached hydrogen (secondary N) is 3. The molecule has 2 heterocycles. The Hall–Kier alpha value is -3.76. The molecule has 9 nitrogen and oxygen atoms in total. The Bertz CT molecular complexity index is 1550. The van der Waals surface area contributed by atoms with Crippen LogP contribution in [0, 0.1) is 13.8 Å². The highest BCUT2D eigenvalue weighted by atomic mass is 32.2. The number of para-hydroxylation sites is 1. The lowest BCUT2D eigenvalue weighted by molar-refractivity contribution is -0.123. The number of Topliss-reactive ketones (excluding diaryl/α,β-unsaturated/α-hetero) is 1. The van der Waals surface area contributed by atoms with Gasteiger partial charge in [-0.1, -0.05) is 66.5 Å². The average molecular weight is 565 g/mol. The van der Waals surface area contributed by atoms with Crippen LogP contribution < -0.4 is 10.0 Å². The van der Waals surface area contributed by atoms with Gasteiger partial charge in [-0.15, -0.1) is 0 Å². The predicted molar refractivity (Wildman–Crippen MR) is 154 cm³/mol. The lowest BCUT2D eigenvalue weighted by Crippen LogP contribution is -2.47. The lowest BCUT2D eigenvalue weighted by atomic mass is 10.0. The molecule has 0 saturated heterocycles. The van der Waals surface area contributed by atoms with E-state index in [1.165, 1.54) is 6.92 Å². The number of carbonyl (C=O) groups excluding carboxylic acids is 2. The fraction of sp³-hybridized carbons (Fsp3) is 0.367. The maximum absolute atomic E-state index is 13.3. The number of aromatic amines is 1. The van der Waals surface area contributed by atoms with Gasteiger partial charge in [0.15, 0.2) is 5.76 Å². The molecule has 1 atom stereocenters. The van der Waals surface area contributed by atoms with Gasteiger partial charge in [0.05, 0.1) is 0 Å². The summed E-state index contributed by atoms with van der Waals surface area (Å²) >= 11 is 0. The van der Waals surface area contributed by atoms with E-state index in [9.17, 15) is 18.0 Å². The van der Waals surface area contributed by atoms with Crippen LogP contribution in [0.3, 0.4) is 0 Å². The Morgan fingerprint density at radius 3 is 2.42 bits per heavy atom. The summed E-state index contributed by atoms with van der Waals surface area (Å²) in [5.74, 6) is -0.123. The number of nitrogens with zero attached hydrogens (tertiary/aromatic N) is 1. The first-order valence-electron chi connectivity index (χ1n) is 13.5. The molecule has 2 aromatic carbocycles. The smallest absolute Gasteiger partial charge is 0.246 e. The summed E-state index contributed by atoms with van der Waals surface area (Å²) in [5.41, 5.74) is 4.38. The van der Waals surface area contributed by atoms with E-state index in [0.717, 1.165) is 27.7 Å². The second-order valence-electron chi connectivity index (χ2n) is 10.1. The zero-order valence-electron chi connectivity index (χ0n) is 23.1. The third kappa shape index (κ3) is 7.05. The van der Waals surface area contributed by atoms with E-state index >= 15 is 0 Å². The summed E-state index contributed by atoms with van der Waals surface area (Å²) in [6.45, 7) is 4.95. The van der Waals surface area contributed by atoms with Crippen LogP contribution >= 0.6 is 0 Å². The van der Waals surface area contributed by atoms with Crippen molar-refractivity contribution in [2.75, 3.05) is 6.54 Å². The zero-order valence-corrected chi connectivity index (χ0v) is 23.9. The summed E-state index contributed by atoms with van der Waals surface area (Å²) in [7, 11) is -4.04. The zero-order chi connectivity index (χ0) is 28.7. The van der Waals surface area contributed by atoms with Gasteiger partial charge in [0.2, 0.25) is 15.9 Å². The monoisotopic (exact) mass is 564 g/mol. The van der Waals surface area contributed by atoms with Gasteiger partial charge in [0.25, 0.3) is 0 Å². The Balaban J connectivity index is 1.48. The van der Waals surface area contributed by atoms with Crippen LogP contribution in [-0.4, -0.2) is 42.8 Å². The average Bonchev–Trinajstić information content (AvgIpc) is 3.47. The Labute approximate surface area is 234 Å². The summed E-state index contributed by atoms with van der Waals surface area (Å²) in [5, 5.41) is 7.77. The van der Waals surface area contributed by atoms with E-state index in [1.54, 1.807) is 13.8 Å². The number of rotatable bonds is 14. The highest BCUT2D eigenvalue weighted by Crippen LogP contribution is 2.30. The van der Waals surface area contributed by atoms with Gasteiger partial charge in [0.1, 0.15) is 22.4 Å². The van der Waals surface area contributed by atoms with Crippen molar-refractivity contribution in [2.45, 2.75) is 70.2 Å². The topological polar surface area (TPSA) is 134 Å². The molecule has 4 rings (SSSR count). The first-order valence-corrected chi connectivity index (χ1v) is 15.0. The van der Waals surface area contributed by atoms with Crippen LogP contribution in [0.4, 0.5) is 0 Å². The van der Waals surface area contributed by atoms with E-state index in [4.69, 9.17) is 4.52 Å². The SMILES string of the molecule is CC(=O)CCCCC[C@H](NS(=O)(=O)c1c(C)noc1C)C(=O)NCCc1c(-c2ccccc2)[nH]c2ccccc12. The van der Waals surface area contributed by atoms with E-state index in [-0.39, 0.29) is 22.1 Å². The van der Waals surface area contributed by atoms with Crippen molar-refractivity contribution in [3.63, 3.8) is 0 Å². The molecule has 10 heteroatoms. The first kappa shape index (κ1) is 29.2. The molecular formula is C30H36N4O5S. The molecule has 0 radical (unpaired) electrons. The standard InChI is InChI=1S/C30H36N4O5S/c1-20(35)12-6-4-9-17-27(34-40(37,38)29-21(2)33-39-22(29)3)30(36)31-19-18-25-24-15-10-11-16-26(24)32-28(25)23-13-7-5-8-14-23/h5,7-8,10-11,13-16,27,32,34H,4,6,9,12,17-19H2,1-3H3,(H,31,36)/t27-/m0/s1. The summed E-state index contributed by atoms with van der Waals surface area (Å²) in [6, 6.07) is 17.1. The van der Waals surface area contributed by atoms with Crippen molar-refractivity contribution >= 4 is 32.6 Å². The number of ketones is 1. The van der Waals surface area contributed by atoms with Crippen LogP contribution in [0.2, 0.25) is 0 Å². The first-order chi connectivity index (χ1) is 19.2. The van der Waals surface area contributed by atoms with Crippen molar-refractivity contribution in [1.29, 1.82) is 0 Å². The van der Waals surface area contributed by atoms with Gasteiger partial charge in [-0.3, -0.25) is 4.79 Å². The van der Waals surface area contributed by atoms with Crippen molar-refractivity contribution in [1.82, 2.24) is 20.2 Å². The second kappa shape index (κ2) is 13.1. The van der Waals surface area contributed by atoms with Gasteiger partial charge in [-0.2, -0.15) is 4.72 Å². The van der Waals surface area contributed by atoms with Crippen LogP contribution in [0.1, 0.15) is 56.0 Å². The number of unbranched alkanes of at least 4 members (excludes halogenated alkanes) is 2. The van der Waals surface area contributed by atoms with E-state index in [0.29, 0.717) is 45.1 Å². The van der Waals surface area contributed by atoms with Gasteiger partial charge < -0.3 is 19.6 Å². The highest BCUT2D eigenvalue weighted by molar-refractivity contribution is 7.89. The summed E-state index contributed by atoms with van der Waals surface area (Å²) in [6.07, 6.45) is 3.33. The number of aromatic nitrogens is 2. The van der Waals surface area contributed by atoms with Gasteiger partial charge >= 0.3 is 0 Å². The summed E-state index contributed by atoms with van der Waals surface area (Å²) in [4.78, 5) is 28.1. The molecule has 0 fully saturated rings. The number of amides is 1. The molecule has 0 unspecified atom stereocenters. The Morgan fingerprint density at radius 1 is 1.00 bits per heavy atom. The summed E-state index contributed by atoms with van der Waals surface area (Å²) < 4.78 is 34.0. The van der Waals surface area contributed by atoms with Crippen LogP contribution in [0.5, 0.6) is 0 Å². The largest absolute Gasteiger partial charge is 0.360 e. The van der Waals surface area contributed by atoms with Gasteiger partial charge in [0, 0.05) is 29.6 Å². The minimum Gasteiger partial charge on any atom is -0.360 e. The van der Waals surface area contributed by atoms with Crippen LogP contribution in [0.25, 0.3) is 22.2 Å². The molecule has 0 aliphatic rings. The Kier molecular flexibility index (Phi) is 9.54. The molecule has 212 valence electrons. The molecule has 0 bridgehead atoms. The molecule has 2 aromatic heterocycles. The molecule has 0 saturated carbocycles. The van der Waals surface area contributed by atoms with E-state index < -0.39 is 22.0 Å². The number of carbonyl (C=O) groups is 2. The number of sulfonamides is 1. The van der Waals surface area contributed by atoms with Crippen LogP contribution in [-0.2, 0) is 26.0 Å². The van der Waals surface area contributed by atoms with E-state index in [2.05, 4.69) is 26.2 Å². The fourth-order valence-corrected chi connectivity index (χ4v) is 6.55.